The van der Waals surface area contributed by atoms with E-state index in [1.807, 2.05) is 0 Å². The lowest BCUT2D eigenvalue weighted by Crippen LogP contribution is -2.13. The summed E-state index contributed by atoms with van der Waals surface area (Å²) < 4.78 is 2.09. The van der Waals surface area contributed by atoms with E-state index >= 15 is 0 Å². The first-order chi connectivity index (χ1) is 9.55. The molecule has 3 nitrogen and oxygen atoms in total. The van der Waals surface area contributed by atoms with Gasteiger partial charge in [-0.05, 0) is 44.4 Å². The largest absolute Gasteiger partial charge is 0.323 e. The SMILES string of the molecule is CCC(CC)n1ccc(CC(N)c2cc(C)c(C)s2)n1. The molecular formula is C16H25N3S. The van der Waals surface area contributed by atoms with Gasteiger partial charge in [-0.15, -0.1) is 11.3 Å². The molecule has 1 atom stereocenters. The number of aryl methyl sites for hydroxylation is 2. The Bertz CT molecular complexity index is 532. The Morgan fingerprint density at radius 3 is 2.55 bits per heavy atom. The molecule has 0 aliphatic heterocycles. The molecule has 0 amide bonds. The smallest absolute Gasteiger partial charge is 0.0643 e. The van der Waals surface area contributed by atoms with Gasteiger partial charge in [0.15, 0.2) is 0 Å². The van der Waals surface area contributed by atoms with E-state index < -0.39 is 0 Å². The van der Waals surface area contributed by atoms with Crippen LogP contribution < -0.4 is 5.73 Å². The Kier molecular flexibility index (Phi) is 5.00. The van der Waals surface area contributed by atoms with Crippen LogP contribution in [0.3, 0.4) is 0 Å². The highest BCUT2D eigenvalue weighted by atomic mass is 32.1. The van der Waals surface area contributed by atoms with Crippen LogP contribution in [0.5, 0.6) is 0 Å². The van der Waals surface area contributed by atoms with Crippen molar-refractivity contribution in [1.82, 2.24) is 9.78 Å². The van der Waals surface area contributed by atoms with Gasteiger partial charge >= 0.3 is 0 Å². The van der Waals surface area contributed by atoms with Gasteiger partial charge in [-0.2, -0.15) is 5.10 Å². The van der Waals surface area contributed by atoms with Crippen molar-refractivity contribution in [3.63, 3.8) is 0 Å². The highest BCUT2D eigenvalue weighted by molar-refractivity contribution is 7.12. The number of hydrogen-bond donors (Lipinski definition) is 1. The molecule has 0 bridgehead atoms. The number of thiophene rings is 1. The summed E-state index contributed by atoms with van der Waals surface area (Å²) in [6.07, 6.45) is 5.14. The minimum absolute atomic E-state index is 0.0532. The molecular weight excluding hydrogens is 266 g/mol. The lowest BCUT2D eigenvalue weighted by Gasteiger charge is -2.13. The van der Waals surface area contributed by atoms with Crippen molar-refractivity contribution in [2.24, 2.45) is 5.73 Å². The third-order valence-electron chi connectivity index (χ3n) is 3.96. The first-order valence-electron chi connectivity index (χ1n) is 7.41. The molecule has 2 rings (SSSR count). The van der Waals surface area contributed by atoms with Crippen LogP contribution >= 0.6 is 11.3 Å². The van der Waals surface area contributed by atoms with E-state index in [1.54, 1.807) is 11.3 Å². The van der Waals surface area contributed by atoms with E-state index in [2.05, 4.69) is 55.8 Å². The minimum atomic E-state index is 0.0532. The van der Waals surface area contributed by atoms with Gasteiger partial charge in [0.1, 0.15) is 0 Å². The van der Waals surface area contributed by atoms with E-state index in [0.29, 0.717) is 6.04 Å². The number of rotatable bonds is 6. The van der Waals surface area contributed by atoms with Gasteiger partial charge in [-0.3, -0.25) is 4.68 Å². The summed E-state index contributed by atoms with van der Waals surface area (Å²) in [4.78, 5) is 2.62. The second-order valence-electron chi connectivity index (χ2n) is 5.46. The normalized spacial score (nSPS) is 13.1. The van der Waals surface area contributed by atoms with Crippen LogP contribution in [0.2, 0.25) is 0 Å². The third-order valence-corrected chi connectivity index (χ3v) is 5.24. The van der Waals surface area contributed by atoms with E-state index in [-0.39, 0.29) is 6.04 Å². The quantitative estimate of drug-likeness (QED) is 0.868. The summed E-state index contributed by atoms with van der Waals surface area (Å²) in [5.41, 5.74) is 8.75. The minimum Gasteiger partial charge on any atom is -0.323 e. The van der Waals surface area contributed by atoms with Crippen molar-refractivity contribution in [2.45, 2.75) is 59.0 Å². The molecule has 2 aromatic heterocycles. The van der Waals surface area contributed by atoms with Crippen LogP contribution in [0.15, 0.2) is 18.3 Å². The molecule has 0 saturated heterocycles. The molecule has 0 aliphatic rings. The molecule has 4 heteroatoms. The summed E-state index contributed by atoms with van der Waals surface area (Å²) in [5, 5.41) is 4.69. The molecule has 0 saturated carbocycles. The summed E-state index contributed by atoms with van der Waals surface area (Å²) in [6, 6.07) is 4.87. The van der Waals surface area contributed by atoms with Gasteiger partial charge in [-0.25, -0.2) is 0 Å². The van der Waals surface area contributed by atoms with Gasteiger partial charge in [0.2, 0.25) is 0 Å². The van der Waals surface area contributed by atoms with Crippen molar-refractivity contribution >= 4 is 11.3 Å². The summed E-state index contributed by atoms with van der Waals surface area (Å²) in [6.45, 7) is 8.71. The van der Waals surface area contributed by atoms with Crippen LogP contribution in [0.1, 0.15) is 59.8 Å². The molecule has 0 spiro atoms. The van der Waals surface area contributed by atoms with Gasteiger partial charge in [0.05, 0.1) is 11.7 Å². The Morgan fingerprint density at radius 2 is 2.00 bits per heavy atom. The van der Waals surface area contributed by atoms with Crippen LogP contribution in [0.25, 0.3) is 0 Å². The summed E-state index contributed by atoms with van der Waals surface area (Å²) in [7, 11) is 0. The highest BCUT2D eigenvalue weighted by Crippen LogP contribution is 2.27. The lowest BCUT2D eigenvalue weighted by atomic mass is 10.1. The second kappa shape index (κ2) is 6.55. The third kappa shape index (κ3) is 3.30. The van der Waals surface area contributed by atoms with Crippen molar-refractivity contribution in [2.75, 3.05) is 0 Å². The topological polar surface area (TPSA) is 43.8 Å². The predicted molar refractivity (Wildman–Crippen MR) is 86.3 cm³/mol. The Morgan fingerprint density at radius 1 is 1.30 bits per heavy atom. The number of aromatic nitrogens is 2. The average Bonchev–Trinajstić information content (AvgIpc) is 3.00. The van der Waals surface area contributed by atoms with E-state index in [9.17, 15) is 0 Å². The molecule has 0 aliphatic carbocycles. The van der Waals surface area contributed by atoms with Crippen LogP contribution in [-0.2, 0) is 6.42 Å². The maximum atomic E-state index is 6.32. The van der Waals surface area contributed by atoms with Gasteiger partial charge in [0.25, 0.3) is 0 Å². The highest BCUT2D eigenvalue weighted by Gasteiger charge is 2.14. The molecule has 110 valence electrons. The number of nitrogens with zero attached hydrogens (tertiary/aromatic N) is 2. The van der Waals surface area contributed by atoms with E-state index in [1.165, 1.54) is 15.3 Å². The van der Waals surface area contributed by atoms with Crippen LogP contribution in [-0.4, -0.2) is 9.78 Å². The van der Waals surface area contributed by atoms with E-state index in [0.717, 1.165) is 25.0 Å². The molecule has 2 N–H and O–H groups in total. The number of hydrogen-bond acceptors (Lipinski definition) is 3. The zero-order valence-corrected chi connectivity index (χ0v) is 13.7. The van der Waals surface area contributed by atoms with Gasteiger partial charge < -0.3 is 5.73 Å². The maximum Gasteiger partial charge on any atom is 0.0643 e. The molecule has 2 heterocycles. The van der Waals surface area contributed by atoms with Crippen molar-refractivity contribution in [1.29, 1.82) is 0 Å². The van der Waals surface area contributed by atoms with Gasteiger partial charge in [-0.1, -0.05) is 13.8 Å². The standard InChI is InChI=1S/C16H25N3S/c1-5-14(6-2)19-8-7-13(18-19)10-15(17)16-9-11(3)12(4)20-16/h7-9,14-15H,5-6,10,17H2,1-4H3. The Balaban J connectivity index is 2.06. The first-order valence-corrected chi connectivity index (χ1v) is 8.23. The summed E-state index contributed by atoms with van der Waals surface area (Å²) in [5.74, 6) is 0. The second-order valence-corrected chi connectivity index (χ2v) is 6.74. The molecule has 0 aromatic carbocycles. The van der Waals surface area contributed by atoms with E-state index in [4.69, 9.17) is 5.73 Å². The molecule has 20 heavy (non-hydrogen) atoms. The summed E-state index contributed by atoms with van der Waals surface area (Å²) >= 11 is 1.80. The molecule has 0 fully saturated rings. The Labute approximate surface area is 125 Å². The first kappa shape index (κ1) is 15.3. The van der Waals surface area contributed by atoms with Crippen molar-refractivity contribution in [3.05, 3.63) is 39.3 Å². The zero-order valence-electron chi connectivity index (χ0n) is 12.9. The Hall–Kier alpha value is -1.13. The van der Waals surface area contributed by atoms with Gasteiger partial charge in [0, 0.05) is 28.4 Å². The monoisotopic (exact) mass is 291 g/mol. The van der Waals surface area contributed by atoms with Crippen molar-refractivity contribution < 1.29 is 0 Å². The number of nitrogens with two attached hydrogens (primary N) is 1. The van der Waals surface area contributed by atoms with Crippen molar-refractivity contribution in [3.8, 4) is 0 Å². The fourth-order valence-corrected chi connectivity index (χ4v) is 3.51. The maximum absolute atomic E-state index is 6.32. The van der Waals surface area contributed by atoms with Crippen LogP contribution in [0.4, 0.5) is 0 Å². The average molecular weight is 291 g/mol. The molecule has 2 aromatic rings. The molecule has 1 unspecified atom stereocenters. The zero-order chi connectivity index (χ0) is 14.7. The predicted octanol–water partition coefficient (Wildman–Crippen LogP) is 4.17. The van der Waals surface area contributed by atoms with Crippen LogP contribution in [0, 0.1) is 13.8 Å². The fraction of sp³-hybridized carbons (Fsp3) is 0.562. The fourth-order valence-electron chi connectivity index (χ4n) is 2.46. The molecule has 0 radical (unpaired) electrons. The lowest BCUT2D eigenvalue weighted by molar-refractivity contribution is 0.424.